The van der Waals surface area contributed by atoms with E-state index in [1.54, 1.807) is 14.2 Å². The maximum atomic E-state index is 12.4. The van der Waals surface area contributed by atoms with E-state index in [0.717, 1.165) is 78.9 Å². The van der Waals surface area contributed by atoms with Gasteiger partial charge in [0.25, 0.3) is 0 Å². The van der Waals surface area contributed by atoms with Gasteiger partial charge in [-0.2, -0.15) is 0 Å². The Kier molecular flexibility index (Phi) is 17.5. The number of carbonyl (C=O) groups is 2. The molecule has 10 nitrogen and oxygen atoms in total. The molecule has 69 heavy (non-hydrogen) atoms. The fourth-order valence-electron chi connectivity index (χ4n) is 7.56. The summed E-state index contributed by atoms with van der Waals surface area (Å²) >= 11 is 0. The zero-order chi connectivity index (χ0) is 48.2. The lowest BCUT2D eigenvalue weighted by atomic mass is 10.0. The van der Waals surface area contributed by atoms with Crippen LogP contribution in [0, 0.1) is 0 Å². The molecule has 0 heterocycles. The van der Waals surface area contributed by atoms with E-state index >= 15 is 0 Å². The predicted octanol–water partition coefficient (Wildman–Crippen LogP) is 12.2. The van der Waals surface area contributed by atoms with E-state index in [9.17, 15) is 14.7 Å². The second kappa shape index (κ2) is 24.9. The highest BCUT2D eigenvalue weighted by Gasteiger charge is 2.20. The number of nitrogens with one attached hydrogen (secondary N) is 2. The zero-order valence-corrected chi connectivity index (χ0v) is 38.9. The van der Waals surface area contributed by atoms with Crippen LogP contribution in [0.25, 0.3) is 22.3 Å². The van der Waals surface area contributed by atoms with Crippen LogP contribution in [-0.2, 0) is 40.4 Å². The number of anilines is 2. The fourth-order valence-corrected chi connectivity index (χ4v) is 7.56. The van der Waals surface area contributed by atoms with Crippen molar-refractivity contribution in [2.24, 2.45) is 0 Å². The third-order valence-electron chi connectivity index (χ3n) is 11.2. The van der Waals surface area contributed by atoms with E-state index in [0.29, 0.717) is 26.1 Å². The van der Waals surface area contributed by atoms with Gasteiger partial charge < -0.3 is 39.4 Å². The number of methoxy groups -OCH3 is 3. The third-order valence-corrected chi connectivity index (χ3v) is 11.2. The van der Waals surface area contributed by atoms with Crippen LogP contribution in [0.5, 0.6) is 23.0 Å². The van der Waals surface area contributed by atoms with Gasteiger partial charge in [0.1, 0.15) is 48.3 Å². The largest absolute Gasteiger partial charge is 0.497 e. The predicted molar refractivity (Wildman–Crippen MR) is 273 cm³/mol. The minimum absolute atomic E-state index is 0.295. The first-order chi connectivity index (χ1) is 33.7. The monoisotopic (exact) mass is 920 g/mol. The zero-order valence-electron chi connectivity index (χ0n) is 38.9. The number of esters is 1. The molecule has 2 atom stereocenters. The molecule has 0 amide bonds. The first kappa shape index (κ1) is 48.4. The Morgan fingerprint density at radius 1 is 0.420 bits per heavy atom. The quantitative estimate of drug-likeness (QED) is 0.0637. The molecule has 0 spiro atoms. The molecule has 8 aromatic rings. The summed E-state index contributed by atoms with van der Waals surface area (Å²) in [7, 11) is 4.72. The van der Waals surface area contributed by atoms with Gasteiger partial charge in [0.2, 0.25) is 0 Å². The molecular weight excluding hydrogens is 865 g/mol. The summed E-state index contributed by atoms with van der Waals surface area (Å²) in [4.78, 5) is 24.2. The molecule has 8 rings (SSSR count). The van der Waals surface area contributed by atoms with Gasteiger partial charge in [0, 0.05) is 24.2 Å². The SMILES string of the molecule is COC(=O)C(Cc1ccccc1)Nc1cccc(-c2ccc(OCc3cccc(OC)c3)cc2)c1.COc1cccc(COc2ccc(-c3cccc(NC(Cc4ccccc4)C(=O)O)c3)cc2)c1. The van der Waals surface area contributed by atoms with Crippen molar-refractivity contribution in [3.8, 4) is 45.3 Å². The van der Waals surface area contributed by atoms with Crippen LogP contribution in [-0.4, -0.2) is 50.5 Å². The molecule has 10 heteroatoms. The van der Waals surface area contributed by atoms with Crippen molar-refractivity contribution in [3.63, 3.8) is 0 Å². The van der Waals surface area contributed by atoms with Gasteiger partial charge in [0.05, 0.1) is 21.3 Å². The van der Waals surface area contributed by atoms with Gasteiger partial charge in [-0.1, -0.05) is 133 Å². The molecule has 0 aliphatic carbocycles. The fraction of sp³-hybridized carbons (Fsp3) is 0.153. The second-order valence-electron chi connectivity index (χ2n) is 16.1. The molecule has 0 saturated heterocycles. The van der Waals surface area contributed by atoms with Crippen LogP contribution in [0.15, 0.2) is 206 Å². The first-order valence-corrected chi connectivity index (χ1v) is 22.6. The molecule has 350 valence electrons. The number of benzene rings is 8. The standard InChI is InChI=1S/C30H29NO4.C29H27NO4/c1-33-28-13-6-10-23(18-28)21-35-27-16-14-24(15-17-27)25-11-7-12-26(20-25)31-29(30(32)34-2)19-22-8-4-3-5-9-22;1-33-27-12-5-9-22(17-27)20-34-26-15-13-23(14-16-26)24-10-6-11-25(19-24)30-28(29(31)32)18-21-7-3-2-4-8-21/h3-18,20,29,31H,19,21H2,1-2H3;2-17,19,28,30H,18,20H2,1H3,(H,31,32). The lowest BCUT2D eigenvalue weighted by Crippen LogP contribution is -2.32. The van der Waals surface area contributed by atoms with Crippen molar-refractivity contribution in [2.45, 2.75) is 38.1 Å². The second-order valence-corrected chi connectivity index (χ2v) is 16.1. The number of aliphatic carboxylic acids is 1. The van der Waals surface area contributed by atoms with Crippen molar-refractivity contribution in [3.05, 3.63) is 229 Å². The minimum Gasteiger partial charge on any atom is -0.497 e. The Morgan fingerprint density at radius 2 is 0.826 bits per heavy atom. The van der Waals surface area contributed by atoms with Crippen LogP contribution in [0.3, 0.4) is 0 Å². The van der Waals surface area contributed by atoms with Crippen LogP contribution in [0.1, 0.15) is 22.3 Å². The molecule has 0 radical (unpaired) electrons. The van der Waals surface area contributed by atoms with Gasteiger partial charge in [-0.15, -0.1) is 0 Å². The molecule has 0 saturated carbocycles. The Hall–Kier alpha value is -8.50. The Labute approximate surface area is 404 Å². The molecule has 3 N–H and O–H groups in total. The van der Waals surface area contributed by atoms with E-state index in [-0.39, 0.29) is 5.97 Å². The average molecular weight is 921 g/mol. The lowest BCUT2D eigenvalue weighted by Gasteiger charge is -2.18. The van der Waals surface area contributed by atoms with Crippen molar-refractivity contribution in [2.75, 3.05) is 32.0 Å². The molecule has 0 aromatic heterocycles. The minimum atomic E-state index is -0.883. The highest BCUT2D eigenvalue weighted by Crippen LogP contribution is 2.28. The van der Waals surface area contributed by atoms with Gasteiger partial charge in [-0.3, -0.25) is 0 Å². The molecule has 0 aliphatic heterocycles. The number of carboxylic acids is 1. The molecule has 0 bridgehead atoms. The summed E-state index contributed by atoms with van der Waals surface area (Å²) in [6.07, 6.45) is 0.941. The van der Waals surface area contributed by atoms with Gasteiger partial charge in [0.15, 0.2) is 0 Å². The lowest BCUT2D eigenvalue weighted by molar-refractivity contribution is -0.141. The number of carbonyl (C=O) groups excluding carboxylic acids is 1. The summed E-state index contributed by atoms with van der Waals surface area (Å²) in [5.41, 5.74) is 9.84. The van der Waals surface area contributed by atoms with Crippen molar-refractivity contribution < 1.29 is 38.4 Å². The molecular formula is C59H56N2O8. The van der Waals surface area contributed by atoms with E-state index in [2.05, 4.69) is 10.6 Å². The van der Waals surface area contributed by atoms with Crippen molar-refractivity contribution >= 4 is 23.3 Å². The molecule has 0 fully saturated rings. The van der Waals surface area contributed by atoms with E-state index < -0.39 is 18.1 Å². The van der Waals surface area contributed by atoms with Crippen LogP contribution in [0.2, 0.25) is 0 Å². The normalized spacial score (nSPS) is 11.4. The molecule has 0 aliphatic rings. The van der Waals surface area contributed by atoms with Crippen molar-refractivity contribution in [1.29, 1.82) is 0 Å². The van der Waals surface area contributed by atoms with Crippen LogP contribution >= 0.6 is 0 Å². The first-order valence-electron chi connectivity index (χ1n) is 22.6. The molecule has 2 unspecified atom stereocenters. The Balaban J connectivity index is 0.000000204. The number of ether oxygens (including phenoxy) is 5. The smallest absolute Gasteiger partial charge is 0.328 e. The van der Waals surface area contributed by atoms with E-state index in [4.69, 9.17) is 23.7 Å². The van der Waals surface area contributed by atoms with E-state index in [1.807, 2.05) is 206 Å². The average Bonchev–Trinajstić information content (AvgIpc) is 3.40. The summed E-state index contributed by atoms with van der Waals surface area (Å²) in [5, 5.41) is 16.2. The number of carboxylic acid groups (broad SMARTS) is 1. The highest BCUT2D eigenvalue weighted by atomic mass is 16.5. The summed E-state index contributed by atoms with van der Waals surface area (Å²) < 4.78 is 27.4. The van der Waals surface area contributed by atoms with Gasteiger partial charge in [-0.25, -0.2) is 9.59 Å². The van der Waals surface area contributed by atoms with Gasteiger partial charge >= 0.3 is 11.9 Å². The van der Waals surface area contributed by atoms with E-state index in [1.165, 1.54) is 7.11 Å². The Morgan fingerprint density at radius 3 is 1.25 bits per heavy atom. The highest BCUT2D eigenvalue weighted by molar-refractivity contribution is 5.81. The van der Waals surface area contributed by atoms with Gasteiger partial charge in [-0.05, 0) is 117 Å². The molecule has 8 aromatic carbocycles. The maximum absolute atomic E-state index is 12.4. The summed E-state index contributed by atoms with van der Waals surface area (Å²) in [5.74, 6) is 2.00. The Bertz CT molecular complexity index is 2860. The topological polar surface area (TPSA) is 125 Å². The maximum Gasteiger partial charge on any atom is 0.328 e. The van der Waals surface area contributed by atoms with Crippen LogP contribution in [0.4, 0.5) is 11.4 Å². The number of rotatable bonds is 20. The third kappa shape index (κ3) is 14.7. The summed E-state index contributed by atoms with van der Waals surface area (Å²) in [6.45, 7) is 0.917. The number of hydrogen-bond acceptors (Lipinski definition) is 9. The van der Waals surface area contributed by atoms with Crippen molar-refractivity contribution in [1.82, 2.24) is 0 Å². The summed E-state index contributed by atoms with van der Waals surface area (Å²) in [6, 6.07) is 65.6. The number of hydrogen-bond donors (Lipinski definition) is 3. The van der Waals surface area contributed by atoms with Crippen LogP contribution < -0.4 is 29.6 Å².